The Kier molecular flexibility index (Phi) is 4.90. The monoisotopic (exact) mass is 318 g/mol. The van der Waals surface area contributed by atoms with E-state index in [0.717, 1.165) is 29.3 Å². The highest BCUT2D eigenvalue weighted by molar-refractivity contribution is 5.92. The summed E-state index contributed by atoms with van der Waals surface area (Å²) in [6.07, 6.45) is 0. The number of nitrogens with zero attached hydrogens (tertiary/aromatic N) is 1. The molecule has 2 aromatic rings. The van der Waals surface area contributed by atoms with Gasteiger partial charge in [-0.05, 0) is 43.2 Å². The third-order valence-electron chi connectivity index (χ3n) is 3.28. The molecule has 0 heterocycles. The van der Waals surface area contributed by atoms with Gasteiger partial charge in [0.1, 0.15) is 11.6 Å². The minimum Gasteiger partial charge on any atom is -0.484 e. The van der Waals surface area contributed by atoms with Crippen LogP contribution in [0.5, 0.6) is 5.75 Å². The Bertz CT molecular complexity index is 762. The van der Waals surface area contributed by atoms with Crippen molar-refractivity contribution in [3.8, 4) is 5.75 Å². The maximum atomic E-state index is 13.6. The van der Waals surface area contributed by atoms with Crippen LogP contribution in [0.15, 0.2) is 36.4 Å². The first-order valence-electron chi connectivity index (χ1n) is 6.80. The lowest BCUT2D eigenvalue weighted by Gasteiger charge is -2.09. The van der Waals surface area contributed by atoms with Crippen molar-refractivity contribution in [1.82, 2.24) is 0 Å². The number of rotatable bonds is 5. The predicted octanol–water partition coefficient (Wildman–Crippen LogP) is 3.37. The Balaban J connectivity index is 2.00. The summed E-state index contributed by atoms with van der Waals surface area (Å²) >= 11 is 0. The molecule has 0 saturated heterocycles. The van der Waals surface area contributed by atoms with Gasteiger partial charge in [0, 0.05) is 12.1 Å². The fourth-order valence-electron chi connectivity index (χ4n) is 1.86. The van der Waals surface area contributed by atoms with Gasteiger partial charge in [0.05, 0.1) is 10.6 Å². The van der Waals surface area contributed by atoms with E-state index in [1.807, 2.05) is 19.9 Å². The van der Waals surface area contributed by atoms with Gasteiger partial charge in [-0.1, -0.05) is 6.07 Å². The second kappa shape index (κ2) is 6.87. The molecule has 0 unspecified atom stereocenters. The van der Waals surface area contributed by atoms with Gasteiger partial charge in [-0.2, -0.15) is 0 Å². The van der Waals surface area contributed by atoms with E-state index in [2.05, 4.69) is 5.32 Å². The van der Waals surface area contributed by atoms with Crippen LogP contribution in [-0.2, 0) is 4.79 Å². The third-order valence-corrected chi connectivity index (χ3v) is 3.28. The molecule has 1 amide bonds. The zero-order chi connectivity index (χ0) is 17.0. The minimum absolute atomic E-state index is 0.257. The molecule has 0 aliphatic carbocycles. The number of non-ortho nitro benzene ring substituents is 1. The quantitative estimate of drug-likeness (QED) is 0.677. The molecule has 2 aromatic carbocycles. The summed E-state index contributed by atoms with van der Waals surface area (Å²) in [5.74, 6) is -0.847. The van der Waals surface area contributed by atoms with Crippen LogP contribution in [0.25, 0.3) is 0 Å². The van der Waals surface area contributed by atoms with Crippen LogP contribution in [0.1, 0.15) is 11.1 Å². The lowest BCUT2D eigenvalue weighted by Crippen LogP contribution is -2.21. The predicted molar refractivity (Wildman–Crippen MR) is 83.1 cm³/mol. The average Bonchev–Trinajstić information content (AvgIpc) is 2.50. The number of hydrogen-bond acceptors (Lipinski definition) is 4. The van der Waals surface area contributed by atoms with Gasteiger partial charge in [-0.15, -0.1) is 0 Å². The molecule has 0 fully saturated rings. The first-order chi connectivity index (χ1) is 10.9. The summed E-state index contributed by atoms with van der Waals surface area (Å²) in [6, 6.07) is 8.29. The van der Waals surface area contributed by atoms with Crippen LogP contribution >= 0.6 is 0 Å². The van der Waals surface area contributed by atoms with Crippen LogP contribution in [0.2, 0.25) is 0 Å². The number of nitrogens with one attached hydrogen (secondary N) is 1. The lowest BCUT2D eigenvalue weighted by atomic mass is 10.1. The van der Waals surface area contributed by atoms with Gasteiger partial charge in [-0.3, -0.25) is 14.9 Å². The Hall–Kier alpha value is -2.96. The molecule has 0 bridgehead atoms. The van der Waals surface area contributed by atoms with E-state index >= 15 is 0 Å². The smallest absolute Gasteiger partial charge is 0.271 e. The van der Waals surface area contributed by atoms with Gasteiger partial charge >= 0.3 is 0 Å². The summed E-state index contributed by atoms with van der Waals surface area (Å²) in [6.45, 7) is 3.54. The number of amides is 1. The second-order valence-corrected chi connectivity index (χ2v) is 5.00. The van der Waals surface area contributed by atoms with Gasteiger partial charge < -0.3 is 10.1 Å². The van der Waals surface area contributed by atoms with E-state index in [-0.39, 0.29) is 18.0 Å². The molecule has 1 N–H and O–H groups in total. The molecule has 0 saturated carbocycles. The second-order valence-electron chi connectivity index (χ2n) is 5.00. The molecule has 0 spiro atoms. The molecule has 120 valence electrons. The number of nitro groups is 1. The normalized spacial score (nSPS) is 10.2. The highest BCUT2D eigenvalue weighted by atomic mass is 19.1. The molecule has 0 radical (unpaired) electrons. The maximum absolute atomic E-state index is 13.6. The third kappa shape index (κ3) is 4.26. The van der Waals surface area contributed by atoms with Gasteiger partial charge in [0.25, 0.3) is 11.6 Å². The zero-order valence-electron chi connectivity index (χ0n) is 12.6. The van der Waals surface area contributed by atoms with E-state index in [1.54, 1.807) is 12.1 Å². The fourth-order valence-corrected chi connectivity index (χ4v) is 1.86. The van der Waals surface area contributed by atoms with Crippen LogP contribution in [-0.4, -0.2) is 17.4 Å². The number of aryl methyl sites for hydroxylation is 2. The van der Waals surface area contributed by atoms with Crippen molar-refractivity contribution in [2.24, 2.45) is 0 Å². The van der Waals surface area contributed by atoms with Crippen molar-refractivity contribution in [1.29, 1.82) is 0 Å². The van der Waals surface area contributed by atoms with Crippen molar-refractivity contribution in [3.63, 3.8) is 0 Å². The van der Waals surface area contributed by atoms with Crippen LogP contribution < -0.4 is 10.1 Å². The first-order valence-corrected chi connectivity index (χ1v) is 6.80. The standard InChI is InChI=1S/C16H15FN2O4/c1-10-3-5-13(7-11(10)2)23-9-16(20)18-15-8-12(19(21)22)4-6-14(15)17/h3-8H,9H2,1-2H3,(H,18,20). The minimum atomic E-state index is -0.755. The van der Waals surface area contributed by atoms with Crippen molar-refractivity contribution < 1.29 is 18.8 Å². The number of ether oxygens (including phenoxy) is 1. The largest absolute Gasteiger partial charge is 0.484 e. The Morgan fingerprint density at radius 1 is 1.22 bits per heavy atom. The lowest BCUT2D eigenvalue weighted by molar-refractivity contribution is -0.384. The Labute approximate surface area is 132 Å². The van der Waals surface area contributed by atoms with Gasteiger partial charge in [0.2, 0.25) is 0 Å². The average molecular weight is 318 g/mol. The molecule has 6 nitrogen and oxygen atoms in total. The number of nitro benzene ring substituents is 1. The summed E-state index contributed by atoms with van der Waals surface area (Å²) in [7, 11) is 0. The summed E-state index contributed by atoms with van der Waals surface area (Å²) in [5, 5.41) is 12.9. The molecule has 0 aliphatic heterocycles. The first kappa shape index (κ1) is 16.4. The molecular formula is C16H15FN2O4. The van der Waals surface area contributed by atoms with Crippen molar-refractivity contribution in [2.75, 3.05) is 11.9 Å². The molecule has 7 heteroatoms. The van der Waals surface area contributed by atoms with E-state index in [4.69, 9.17) is 4.74 Å². The number of carbonyl (C=O) groups is 1. The SMILES string of the molecule is Cc1ccc(OCC(=O)Nc2cc([N+](=O)[O-])ccc2F)cc1C. The Morgan fingerprint density at radius 3 is 2.61 bits per heavy atom. The molecule has 2 rings (SSSR count). The highest BCUT2D eigenvalue weighted by Gasteiger charge is 2.13. The fraction of sp³-hybridized carbons (Fsp3) is 0.188. The van der Waals surface area contributed by atoms with Gasteiger partial charge in [-0.25, -0.2) is 4.39 Å². The van der Waals surface area contributed by atoms with E-state index in [9.17, 15) is 19.3 Å². The molecule has 23 heavy (non-hydrogen) atoms. The summed E-state index contributed by atoms with van der Waals surface area (Å²) in [5.41, 5.74) is 1.55. The van der Waals surface area contributed by atoms with Gasteiger partial charge in [0.15, 0.2) is 6.61 Å². The van der Waals surface area contributed by atoms with Crippen LogP contribution in [0, 0.1) is 29.8 Å². The van der Waals surface area contributed by atoms with Crippen molar-refractivity contribution in [3.05, 3.63) is 63.5 Å². The summed E-state index contributed by atoms with van der Waals surface area (Å²) in [4.78, 5) is 21.8. The number of anilines is 1. The van der Waals surface area contributed by atoms with Crippen molar-refractivity contribution in [2.45, 2.75) is 13.8 Å². The van der Waals surface area contributed by atoms with E-state index < -0.39 is 16.6 Å². The molecule has 0 aromatic heterocycles. The number of halogens is 1. The van der Waals surface area contributed by atoms with E-state index in [0.29, 0.717) is 5.75 Å². The molecule has 0 aliphatic rings. The molecular weight excluding hydrogens is 303 g/mol. The van der Waals surface area contributed by atoms with Crippen LogP contribution in [0.3, 0.4) is 0 Å². The highest BCUT2D eigenvalue weighted by Crippen LogP contribution is 2.21. The maximum Gasteiger partial charge on any atom is 0.271 e. The van der Waals surface area contributed by atoms with Crippen LogP contribution in [0.4, 0.5) is 15.8 Å². The Morgan fingerprint density at radius 2 is 1.96 bits per heavy atom. The number of benzene rings is 2. The zero-order valence-corrected chi connectivity index (χ0v) is 12.6. The van der Waals surface area contributed by atoms with Crippen molar-refractivity contribution >= 4 is 17.3 Å². The topological polar surface area (TPSA) is 81.5 Å². The number of hydrogen-bond donors (Lipinski definition) is 1. The number of carbonyl (C=O) groups excluding carboxylic acids is 1. The molecule has 0 atom stereocenters. The van der Waals surface area contributed by atoms with E-state index in [1.165, 1.54) is 0 Å². The summed E-state index contributed by atoms with van der Waals surface area (Å²) < 4.78 is 18.9.